The normalized spacial score (nSPS) is 19.4. The quantitative estimate of drug-likeness (QED) is 0.521. The zero-order valence-electron chi connectivity index (χ0n) is 20.7. The van der Waals surface area contributed by atoms with Gasteiger partial charge in [0, 0.05) is 36.0 Å². The van der Waals surface area contributed by atoms with Gasteiger partial charge in [0.2, 0.25) is 0 Å². The molecule has 8 nitrogen and oxygen atoms in total. The van der Waals surface area contributed by atoms with E-state index in [1.165, 1.54) is 0 Å². The lowest BCUT2D eigenvalue weighted by molar-refractivity contribution is 0.0917. The molecule has 3 heterocycles. The highest BCUT2D eigenvalue weighted by Gasteiger charge is 2.27. The Balaban J connectivity index is 1.47. The van der Waals surface area contributed by atoms with Crippen LogP contribution in [0.1, 0.15) is 87.8 Å². The van der Waals surface area contributed by atoms with E-state index in [-0.39, 0.29) is 23.3 Å². The summed E-state index contributed by atoms with van der Waals surface area (Å²) in [6.07, 6.45) is 7.63. The van der Waals surface area contributed by atoms with Gasteiger partial charge in [-0.05, 0) is 55.6 Å². The number of hydrogen-bond acceptors (Lipinski definition) is 5. The van der Waals surface area contributed by atoms with Crippen molar-refractivity contribution in [1.29, 1.82) is 0 Å². The second-order valence-electron chi connectivity index (χ2n) is 10.9. The van der Waals surface area contributed by atoms with Crippen molar-refractivity contribution >= 4 is 11.6 Å². The molecule has 0 aromatic carbocycles. The lowest BCUT2D eigenvalue weighted by Gasteiger charge is -2.32. The predicted octanol–water partition coefficient (Wildman–Crippen LogP) is 4.23. The van der Waals surface area contributed by atoms with Crippen molar-refractivity contribution in [2.75, 3.05) is 6.54 Å². The molecular weight excluding hydrogens is 414 g/mol. The second kappa shape index (κ2) is 9.25. The van der Waals surface area contributed by atoms with Crippen LogP contribution in [0.2, 0.25) is 0 Å². The first-order chi connectivity index (χ1) is 15.6. The number of rotatable bonds is 6. The van der Waals surface area contributed by atoms with Gasteiger partial charge in [-0.1, -0.05) is 34.6 Å². The molecule has 178 valence electrons. The van der Waals surface area contributed by atoms with Crippen LogP contribution in [0.25, 0.3) is 16.9 Å². The fourth-order valence-electron chi connectivity index (χ4n) is 4.68. The minimum Gasteiger partial charge on any atom is -0.348 e. The fraction of sp³-hybridized carbons (Fsp3) is 0.600. The summed E-state index contributed by atoms with van der Waals surface area (Å²) in [7, 11) is 0. The summed E-state index contributed by atoms with van der Waals surface area (Å²) in [4.78, 5) is 17.5. The van der Waals surface area contributed by atoms with E-state index in [2.05, 4.69) is 71.6 Å². The summed E-state index contributed by atoms with van der Waals surface area (Å²) in [6, 6.07) is 2.79. The first-order valence-electron chi connectivity index (χ1n) is 12.0. The summed E-state index contributed by atoms with van der Waals surface area (Å²) < 4.78 is 1.76. The van der Waals surface area contributed by atoms with E-state index in [1.807, 2.05) is 13.1 Å². The van der Waals surface area contributed by atoms with Crippen molar-refractivity contribution in [2.24, 2.45) is 5.41 Å². The minimum absolute atomic E-state index is 0.0675. The van der Waals surface area contributed by atoms with Crippen LogP contribution in [0.3, 0.4) is 0 Å². The average molecular weight is 452 g/mol. The zero-order valence-corrected chi connectivity index (χ0v) is 20.7. The lowest BCUT2D eigenvalue weighted by Crippen LogP contribution is -2.44. The molecule has 1 aliphatic carbocycles. The Bertz CT molecular complexity index is 1110. The molecule has 1 aliphatic rings. The number of aromatic nitrogens is 5. The number of fused-ring (bicyclic) bond motifs is 1. The monoisotopic (exact) mass is 451 g/mol. The number of carbonyl (C=O) groups excluding carboxylic acids is 1. The van der Waals surface area contributed by atoms with Gasteiger partial charge < -0.3 is 10.6 Å². The number of aromatic amines is 1. The third kappa shape index (κ3) is 5.27. The standard InChI is InChI=1S/C25H37N7O/c1-15(2)20-21(17-11-16(3)23-27-14-28-32(23)12-17)30-31-22(20)24(33)29-19-9-7-18(8-10-19)26-13-25(4,5)6/h11-12,14-15,18-19,26H,7-10,13H2,1-6H3,(H,29,33)(H,30,31). The number of H-pyrrole nitrogens is 1. The maximum Gasteiger partial charge on any atom is 0.269 e. The van der Waals surface area contributed by atoms with Crippen molar-refractivity contribution in [1.82, 2.24) is 35.4 Å². The van der Waals surface area contributed by atoms with Crippen molar-refractivity contribution in [3.05, 3.63) is 35.4 Å². The third-order valence-corrected chi connectivity index (χ3v) is 6.42. The van der Waals surface area contributed by atoms with Crippen LogP contribution in [0, 0.1) is 12.3 Å². The Morgan fingerprint density at radius 1 is 1.21 bits per heavy atom. The van der Waals surface area contributed by atoms with Gasteiger partial charge in [0.1, 0.15) is 12.0 Å². The van der Waals surface area contributed by atoms with Crippen molar-refractivity contribution < 1.29 is 4.79 Å². The van der Waals surface area contributed by atoms with Crippen LogP contribution in [0.15, 0.2) is 18.6 Å². The Labute approximate surface area is 196 Å². The van der Waals surface area contributed by atoms with Gasteiger partial charge >= 0.3 is 0 Å². The van der Waals surface area contributed by atoms with Gasteiger partial charge in [-0.25, -0.2) is 9.50 Å². The van der Waals surface area contributed by atoms with Crippen molar-refractivity contribution in [3.63, 3.8) is 0 Å². The maximum atomic E-state index is 13.2. The molecule has 3 aromatic rings. The molecule has 0 unspecified atom stereocenters. The number of nitrogens with one attached hydrogen (secondary N) is 3. The van der Waals surface area contributed by atoms with Crippen LogP contribution in [-0.2, 0) is 0 Å². The predicted molar refractivity (Wildman–Crippen MR) is 130 cm³/mol. The number of amides is 1. The zero-order chi connectivity index (χ0) is 23.8. The Morgan fingerprint density at radius 2 is 1.91 bits per heavy atom. The highest BCUT2D eigenvalue weighted by atomic mass is 16.2. The maximum absolute atomic E-state index is 13.2. The van der Waals surface area contributed by atoms with Gasteiger partial charge in [0.15, 0.2) is 5.65 Å². The molecule has 0 atom stereocenters. The fourth-order valence-corrected chi connectivity index (χ4v) is 4.68. The van der Waals surface area contributed by atoms with Crippen LogP contribution in [-0.4, -0.2) is 49.3 Å². The SMILES string of the molecule is Cc1cc(-c2n[nH]c(C(=O)NC3CCC(NCC(C)(C)C)CC3)c2C(C)C)cn2ncnc12. The molecular formula is C25H37N7O. The molecule has 1 saturated carbocycles. The molecule has 0 saturated heterocycles. The highest BCUT2D eigenvalue weighted by molar-refractivity contribution is 5.96. The molecule has 0 bridgehead atoms. The molecule has 1 fully saturated rings. The van der Waals surface area contributed by atoms with E-state index in [4.69, 9.17) is 0 Å². The second-order valence-corrected chi connectivity index (χ2v) is 10.9. The van der Waals surface area contributed by atoms with E-state index in [0.717, 1.165) is 60.3 Å². The van der Waals surface area contributed by atoms with Crippen molar-refractivity contribution in [2.45, 2.75) is 85.2 Å². The van der Waals surface area contributed by atoms with Crippen LogP contribution in [0.5, 0.6) is 0 Å². The van der Waals surface area contributed by atoms with Gasteiger partial charge in [-0.15, -0.1) is 0 Å². The Morgan fingerprint density at radius 3 is 2.58 bits per heavy atom. The number of hydrogen-bond donors (Lipinski definition) is 3. The van der Waals surface area contributed by atoms with Gasteiger partial charge in [0.25, 0.3) is 5.91 Å². The van der Waals surface area contributed by atoms with Gasteiger partial charge in [0.05, 0.1) is 5.69 Å². The summed E-state index contributed by atoms with van der Waals surface area (Å²) in [5.74, 6) is 0.0747. The van der Waals surface area contributed by atoms with E-state index in [9.17, 15) is 4.79 Å². The number of nitrogens with zero attached hydrogens (tertiary/aromatic N) is 4. The van der Waals surface area contributed by atoms with E-state index in [0.29, 0.717) is 11.7 Å². The number of carbonyl (C=O) groups is 1. The summed E-state index contributed by atoms with van der Waals surface area (Å²) in [6.45, 7) is 14.0. The molecule has 33 heavy (non-hydrogen) atoms. The first-order valence-corrected chi connectivity index (χ1v) is 12.0. The highest BCUT2D eigenvalue weighted by Crippen LogP contribution is 2.31. The summed E-state index contributed by atoms with van der Waals surface area (Å²) in [5, 5.41) is 18.8. The summed E-state index contributed by atoms with van der Waals surface area (Å²) in [5.41, 5.74) is 5.35. The lowest BCUT2D eigenvalue weighted by atomic mass is 9.89. The van der Waals surface area contributed by atoms with E-state index >= 15 is 0 Å². The Hall–Kier alpha value is -2.74. The molecule has 8 heteroatoms. The topological polar surface area (TPSA) is 100 Å². The van der Waals surface area contributed by atoms with E-state index in [1.54, 1.807) is 10.8 Å². The van der Waals surface area contributed by atoms with Crippen LogP contribution >= 0.6 is 0 Å². The van der Waals surface area contributed by atoms with Crippen LogP contribution < -0.4 is 10.6 Å². The Kier molecular flexibility index (Phi) is 6.56. The minimum atomic E-state index is -0.0675. The number of aryl methyl sites for hydroxylation is 1. The summed E-state index contributed by atoms with van der Waals surface area (Å²) >= 11 is 0. The smallest absolute Gasteiger partial charge is 0.269 e. The molecule has 3 N–H and O–H groups in total. The first kappa shape index (κ1) is 23.4. The van der Waals surface area contributed by atoms with Crippen molar-refractivity contribution in [3.8, 4) is 11.3 Å². The molecule has 0 aliphatic heterocycles. The molecule has 0 radical (unpaired) electrons. The largest absolute Gasteiger partial charge is 0.348 e. The molecule has 4 rings (SSSR count). The molecule has 1 amide bonds. The molecule has 0 spiro atoms. The third-order valence-electron chi connectivity index (χ3n) is 6.42. The number of pyridine rings is 1. The van der Waals surface area contributed by atoms with Gasteiger partial charge in [-0.3, -0.25) is 9.89 Å². The van der Waals surface area contributed by atoms with Gasteiger partial charge in [-0.2, -0.15) is 10.2 Å². The average Bonchev–Trinajstić information content (AvgIpc) is 3.40. The molecule has 3 aromatic heterocycles. The van der Waals surface area contributed by atoms with Crippen LogP contribution in [0.4, 0.5) is 0 Å². The van der Waals surface area contributed by atoms with E-state index < -0.39 is 0 Å².